The van der Waals surface area contributed by atoms with Gasteiger partial charge in [-0.3, -0.25) is 9.90 Å². The van der Waals surface area contributed by atoms with Crippen molar-refractivity contribution in [3.8, 4) is 5.88 Å². The largest absolute Gasteiger partial charge is 0.350 e. The molecule has 0 bridgehead atoms. The number of aromatic amines is 1. The van der Waals surface area contributed by atoms with Crippen molar-refractivity contribution >= 4 is 5.91 Å². The van der Waals surface area contributed by atoms with Crippen LogP contribution >= 0.6 is 0 Å². The molecule has 1 heterocycles. The number of carbonyl (C=O) groups is 1. The zero-order valence-electron chi connectivity index (χ0n) is 7.63. The van der Waals surface area contributed by atoms with E-state index in [0.29, 0.717) is 12.5 Å². The van der Waals surface area contributed by atoms with Crippen LogP contribution in [0.25, 0.3) is 0 Å². The van der Waals surface area contributed by atoms with Gasteiger partial charge in [-0.1, -0.05) is 13.8 Å². The Bertz CT molecular complexity index is 293. The summed E-state index contributed by atoms with van der Waals surface area (Å²) in [6.07, 6.45) is 0. The van der Waals surface area contributed by atoms with E-state index < -0.39 is 0 Å². The smallest absolute Gasteiger partial charge is 0.271 e. The number of H-pyrrole nitrogens is 1. The Morgan fingerprint density at radius 2 is 2.38 bits per heavy atom. The molecule has 5 nitrogen and oxygen atoms in total. The van der Waals surface area contributed by atoms with E-state index in [0.717, 1.165) is 0 Å². The summed E-state index contributed by atoms with van der Waals surface area (Å²) < 4.78 is 0. The molecule has 1 aromatic heterocycles. The molecular formula is C8H12N3O2. The van der Waals surface area contributed by atoms with E-state index in [4.69, 9.17) is 0 Å². The molecule has 1 radical (unpaired) electrons. The average Bonchev–Trinajstić information content (AvgIpc) is 2.47. The number of carbonyl (C=O) groups excluding carboxylic acids is 1. The SMILES string of the molecule is CC(C)CNC(=O)c1cc([O])[nH]n1. The van der Waals surface area contributed by atoms with Crippen molar-refractivity contribution in [3.05, 3.63) is 11.8 Å². The van der Waals surface area contributed by atoms with Crippen molar-refractivity contribution in [3.63, 3.8) is 0 Å². The van der Waals surface area contributed by atoms with Crippen molar-refractivity contribution in [1.82, 2.24) is 15.5 Å². The molecule has 0 saturated heterocycles. The molecule has 5 heteroatoms. The van der Waals surface area contributed by atoms with Crippen LogP contribution in [-0.2, 0) is 5.11 Å². The summed E-state index contributed by atoms with van der Waals surface area (Å²) >= 11 is 0. The average molecular weight is 182 g/mol. The number of aromatic nitrogens is 2. The first-order valence-electron chi connectivity index (χ1n) is 4.10. The molecule has 0 aromatic carbocycles. The lowest BCUT2D eigenvalue weighted by molar-refractivity contribution is 0.0944. The molecule has 0 fully saturated rings. The summed E-state index contributed by atoms with van der Waals surface area (Å²) in [5.74, 6) is -0.281. The Morgan fingerprint density at radius 3 is 2.85 bits per heavy atom. The fourth-order valence-corrected chi connectivity index (χ4v) is 0.808. The standard InChI is InChI=1S/C8H12N3O2/c1-5(2)4-9-8(13)6-3-7(12)11-10-6/h3,5H,4H2,1-2H3,(H,9,13)(H,10,11). The Hall–Kier alpha value is -1.52. The molecule has 0 aliphatic rings. The maximum atomic E-state index is 11.2. The second kappa shape index (κ2) is 3.93. The van der Waals surface area contributed by atoms with Crippen molar-refractivity contribution in [1.29, 1.82) is 0 Å². The van der Waals surface area contributed by atoms with Crippen molar-refractivity contribution in [2.24, 2.45) is 5.92 Å². The molecule has 0 spiro atoms. The molecule has 13 heavy (non-hydrogen) atoms. The van der Waals surface area contributed by atoms with Gasteiger partial charge in [0.2, 0.25) is 0 Å². The van der Waals surface area contributed by atoms with Gasteiger partial charge in [-0.2, -0.15) is 5.10 Å². The Morgan fingerprint density at radius 1 is 1.69 bits per heavy atom. The summed E-state index contributed by atoms with van der Waals surface area (Å²) in [6.45, 7) is 4.56. The zero-order chi connectivity index (χ0) is 9.84. The fraction of sp³-hybridized carbons (Fsp3) is 0.500. The third-order valence-corrected chi connectivity index (χ3v) is 1.46. The summed E-state index contributed by atoms with van der Waals surface area (Å²) in [6, 6.07) is 1.18. The van der Waals surface area contributed by atoms with Crippen LogP contribution in [0.2, 0.25) is 0 Å². The minimum atomic E-state index is -0.352. The molecule has 1 amide bonds. The predicted molar refractivity (Wildman–Crippen MR) is 45.9 cm³/mol. The van der Waals surface area contributed by atoms with Gasteiger partial charge in [-0.15, -0.1) is 0 Å². The highest BCUT2D eigenvalue weighted by atomic mass is 16.3. The lowest BCUT2D eigenvalue weighted by atomic mass is 10.2. The molecule has 0 aliphatic carbocycles. The van der Waals surface area contributed by atoms with Crippen LogP contribution in [0.5, 0.6) is 5.88 Å². The Labute approximate surface area is 76.2 Å². The van der Waals surface area contributed by atoms with Crippen molar-refractivity contribution < 1.29 is 9.90 Å². The second-order valence-corrected chi connectivity index (χ2v) is 3.22. The minimum absolute atomic E-state index is 0.144. The van der Waals surface area contributed by atoms with Crippen LogP contribution in [0.3, 0.4) is 0 Å². The van der Waals surface area contributed by atoms with Crippen LogP contribution in [0, 0.1) is 5.92 Å². The number of hydrogen-bond acceptors (Lipinski definition) is 2. The number of rotatable bonds is 3. The van der Waals surface area contributed by atoms with Gasteiger partial charge in [0.05, 0.1) is 0 Å². The summed E-state index contributed by atoms with van der Waals surface area (Å²) in [4.78, 5) is 11.2. The molecule has 1 rings (SSSR count). The molecule has 2 N–H and O–H groups in total. The van der Waals surface area contributed by atoms with Crippen LogP contribution in [0.15, 0.2) is 6.07 Å². The van der Waals surface area contributed by atoms with E-state index >= 15 is 0 Å². The van der Waals surface area contributed by atoms with E-state index in [1.807, 2.05) is 13.8 Å². The third kappa shape index (κ3) is 2.77. The molecule has 0 atom stereocenters. The summed E-state index contributed by atoms with van der Waals surface area (Å²) in [7, 11) is 0. The first kappa shape index (κ1) is 9.57. The topological polar surface area (TPSA) is 77.7 Å². The zero-order valence-corrected chi connectivity index (χ0v) is 7.63. The number of amides is 1. The summed E-state index contributed by atoms with van der Waals surface area (Å²) in [5, 5.41) is 19.0. The fourth-order valence-electron chi connectivity index (χ4n) is 0.808. The van der Waals surface area contributed by atoms with Gasteiger partial charge in [-0.05, 0) is 5.92 Å². The molecule has 0 aliphatic heterocycles. The van der Waals surface area contributed by atoms with E-state index in [-0.39, 0.29) is 17.5 Å². The van der Waals surface area contributed by atoms with Gasteiger partial charge in [0, 0.05) is 12.6 Å². The van der Waals surface area contributed by atoms with E-state index in [1.54, 1.807) is 0 Å². The van der Waals surface area contributed by atoms with E-state index in [1.165, 1.54) is 6.07 Å². The maximum absolute atomic E-state index is 11.2. The van der Waals surface area contributed by atoms with Gasteiger partial charge in [-0.25, -0.2) is 5.10 Å². The molecular weight excluding hydrogens is 170 g/mol. The molecule has 1 aromatic rings. The van der Waals surface area contributed by atoms with Gasteiger partial charge in [0.1, 0.15) is 0 Å². The monoisotopic (exact) mass is 182 g/mol. The van der Waals surface area contributed by atoms with Gasteiger partial charge in [0.15, 0.2) is 5.69 Å². The minimum Gasteiger partial charge on any atom is -0.350 e. The highest BCUT2D eigenvalue weighted by Crippen LogP contribution is 2.05. The number of hydrogen-bond donors (Lipinski definition) is 2. The first-order chi connectivity index (χ1) is 6.09. The van der Waals surface area contributed by atoms with E-state index in [2.05, 4.69) is 15.5 Å². The lowest BCUT2D eigenvalue weighted by Gasteiger charge is -2.04. The van der Waals surface area contributed by atoms with Crippen LogP contribution < -0.4 is 5.32 Å². The van der Waals surface area contributed by atoms with Crippen LogP contribution in [0.1, 0.15) is 24.3 Å². The van der Waals surface area contributed by atoms with Gasteiger partial charge < -0.3 is 5.32 Å². The van der Waals surface area contributed by atoms with Crippen LogP contribution in [-0.4, -0.2) is 22.6 Å². The normalized spacial score (nSPS) is 10.4. The van der Waals surface area contributed by atoms with E-state index in [9.17, 15) is 9.90 Å². The third-order valence-electron chi connectivity index (χ3n) is 1.46. The number of nitrogens with zero attached hydrogens (tertiary/aromatic N) is 1. The second-order valence-electron chi connectivity index (χ2n) is 3.22. The van der Waals surface area contributed by atoms with Crippen molar-refractivity contribution in [2.45, 2.75) is 13.8 Å². The highest BCUT2D eigenvalue weighted by Gasteiger charge is 2.10. The number of nitrogens with one attached hydrogen (secondary N) is 2. The Balaban J connectivity index is 2.49. The quantitative estimate of drug-likeness (QED) is 0.729. The molecule has 0 saturated carbocycles. The summed E-state index contributed by atoms with van der Waals surface area (Å²) in [5.41, 5.74) is 0.144. The Kier molecular flexibility index (Phi) is 2.89. The highest BCUT2D eigenvalue weighted by molar-refractivity contribution is 5.92. The maximum Gasteiger partial charge on any atom is 0.271 e. The van der Waals surface area contributed by atoms with Crippen LogP contribution in [0.4, 0.5) is 0 Å². The lowest BCUT2D eigenvalue weighted by Crippen LogP contribution is -2.27. The molecule has 0 unspecified atom stereocenters. The predicted octanol–water partition coefficient (Wildman–Crippen LogP) is 0.939. The van der Waals surface area contributed by atoms with Gasteiger partial charge >= 0.3 is 0 Å². The van der Waals surface area contributed by atoms with Gasteiger partial charge in [0.25, 0.3) is 11.8 Å². The van der Waals surface area contributed by atoms with Crippen molar-refractivity contribution in [2.75, 3.05) is 6.54 Å². The molecule has 71 valence electrons. The first-order valence-corrected chi connectivity index (χ1v) is 4.10.